The van der Waals surface area contributed by atoms with Gasteiger partial charge in [0.1, 0.15) is 11.5 Å². The summed E-state index contributed by atoms with van der Waals surface area (Å²) in [5.74, 6) is 0.972. The second kappa shape index (κ2) is 12.2. The minimum Gasteiger partial charge on any atom is -0.872 e. The van der Waals surface area contributed by atoms with Crippen LogP contribution in [-0.2, 0) is 16.5 Å². The maximum atomic E-state index is 12.0. The summed E-state index contributed by atoms with van der Waals surface area (Å²) in [5, 5.41) is 12.0. The Hall–Kier alpha value is -0.414. The Morgan fingerprint density at radius 1 is 0.926 bits per heavy atom. The SMILES string of the molecule is CCCCCCCCc1cc(Oc2ccc(S(=O)(=O)O)cc2)ccc1[O-].[K+]. The summed E-state index contributed by atoms with van der Waals surface area (Å²) in [5.41, 5.74) is 0.729. The van der Waals surface area contributed by atoms with Gasteiger partial charge < -0.3 is 9.84 Å². The van der Waals surface area contributed by atoms with Crippen molar-refractivity contribution in [3.05, 3.63) is 48.0 Å². The maximum Gasteiger partial charge on any atom is 1.00 e. The molecular formula is C20H25KO5S. The third kappa shape index (κ3) is 8.64. The van der Waals surface area contributed by atoms with E-state index in [1.807, 2.05) is 0 Å². The molecule has 0 radical (unpaired) electrons. The van der Waals surface area contributed by atoms with Crippen molar-refractivity contribution in [2.24, 2.45) is 0 Å². The average Bonchev–Trinajstić information content (AvgIpc) is 2.60. The van der Waals surface area contributed by atoms with Crippen molar-refractivity contribution < 1.29 is 74.2 Å². The molecule has 0 unspecified atom stereocenters. The van der Waals surface area contributed by atoms with Crippen molar-refractivity contribution >= 4 is 10.1 Å². The summed E-state index contributed by atoms with van der Waals surface area (Å²) in [6.07, 6.45) is 7.72. The standard InChI is InChI=1S/C20H26O5S.K/c1-2-3-4-5-6-7-8-16-15-18(11-14-20(16)21)25-17-9-12-19(13-10-17)26(22,23)24;/h9-15,21H,2-8H2,1H3,(H,22,23,24);/q;+1/p-1. The predicted molar refractivity (Wildman–Crippen MR) is 99.3 cm³/mol. The van der Waals surface area contributed by atoms with Gasteiger partial charge in [0, 0.05) is 0 Å². The zero-order valence-corrected chi connectivity index (χ0v) is 19.9. The van der Waals surface area contributed by atoms with E-state index >= 15 is 0 Å². The number of aryl methyl sites for hydroxylation is 1. The molecule has 0 heterocycles. The molecule has 2 aromatic rings. The Morgan fingerprint density at radius 2 is 1.52 bits per heavy atom. The van der Waals surface area contributed by atoms with Crippen LogP contribution in [0.2, 0.25) is 0 Å². The molecule has 5 nitrogen and oxygen atoms in total. The number of hydrogen-bond acceptors (Lipinski definition) is 4. The smallest absolute Gasteiger partial charge is 0.872 e. The third-order valence-electron chi connectivity index (χ3n) is 4.19. The fraction of sp³-hybridized carbons (Fsp3) is 0.400. The first-order valence-corrected chi connectivity index (χ1v) is 10.4. The third-order valence-corrected chi connectivity index (χ3v) is 5.06. The van der Waals surface area contributed by atoms with E-state index in [1.54, 1.807) is 12.1 Å². The van der Waals surface area contributed by atoms with Gasteiger partial charge >= 0.3 is 51.4 Å². The Morgan fingerprint density at radius 3 is 2.15 bits per heavy atom. The molecular weight excluding hydrogens is 391 g/mol. The quantitative estimate of drug-likeness (QED) is 0.362. The molecule has 0 aromatic heterocycles. The van der Waals surface area contributed by atoms with Crippen LogP contribution >= 0.6 is 0 Å². The average molecular weight is 417 g/mol. The van der Waals surface area contributed by atoms with E-state index in [1.165, 1.54) is 56.0 Å². The van der Waals surface area contributed by atoms with Gasteiger partial charge in [0.25, 0.3) is 10.1 Å². The molecule has 0 aliphatic heterocycles. The van der Waals surface area contributed by atoms with Gasteiger partial charge in [-0.1, -0.05) is 50.7 Å². The van der Waals surface area contributed by atoms with Gasteiger partial charge in [0.15, 0.2) is 0 Å². The molecule has 0 saturated carbocycles. The molecule has 0 bridgehead atoms. The zero-order valence-electron chi connectivity index (χ0n) is 16.0. The molecule has 0 spiro atoms. The van der Waals surface area contributed by atoms with Crippen LogP contribution in [0, 0.1) is 0 Å². The van der Waals surface area contributed by atoms with Crippen LogP contribution in [-0.4, -0.2) is 13.0 Å². The predicted octanol–water partition coefficient (Wildman–Crippen LogP) is 1.71. The number of hydrogen-bond donors (Lipinski definition) is 1. The molecule has 2 aromatic carbocycles. The zero-order chi connectivity index (χ0) is 19.0. The van der Waals surface area contributed by atoms with E-state index < -0.39 is 10.1 Å². The van der Waals surface area contributed by atoms with Crippen LogP contribution < -0.4 is 61.2 Å². The fourth-order valence-electron chi connectivity index (χ4n) is 2.73. The van der Waals surface area contributed by atoms with E-state index in [-0.39, 0.29) is 62.0 Å². The summed E-state index contributed by atoms with van der Waals surface area (Å²) in [7, 11) is -4.22. The Labute approximate surface area is 204 Å². The number of rotatable bonds is 10. The molecule has 0 aliphatic rings. The minimum atomic E-state index is -4.22. The number of ether oxygens (including phenoxy) is 1. The van der Waals surface area contributed by atoms with Crippen molar-refractivity contribution in [2.45, 2.75) is 56.8 Å². The van der Waals surface area contributed by atoms with Crippen molar-refractivity contribution in [1.82, 2.24) is 0 Å². The molecule has 27 heavy (non-hydrogen) atoms. The Bertz CT molecular complexity index is 804. The van der Waals surface area contributed by atoms with E-state index in [0.29, 0.717) is 11.5 Å². The molecule has 0 atom stereocenters. The Balaban J connectivity index is 0.00000364. The molecule has 0 saturated heterocycles. The summed E-state index contributed by atoms with van der Waals surface area (Å²) < 4.78 is 36.8. The van der Waals surface area contributed by atoms with E-state index in [2.05, 4.69) is 6.92 Å². The van der Waals surface area contributed by atoms with Crippen LogP contribution in [0.5, 0.6) is 17.2 Å². The molecule has 142 valence electrons. The first kappa shape index (κ1) is 24.6. The van der Waals surface area contributed by atoms with Gasteiger partial charge in [0.2, 0.25) is 0 Å². The van der Waals surface area contributed by atoms with E-state index in [4.69, 9.17) is 9.29 Å². The fourth-order valence-corrected chi connectivity index (χ4v) is 3.21. The minimum absolute atomic E-state index is 0. The normalized spacial score (nSPS) is 11.0. The van der Waals surface area contributed by atoms with Crippen molar-refractivity contribution in [2.75, 3.05) is 0 Å². The topological polar surface area (TPSA) is 86.7 Å². The molecule has 0 fully saturated rings. The van der Waals surface area contributed by atoms with Crippen LogP contribution in [0.3, 0.4) is 0 Å². The largest absolute Gasteiger partial charge is 1.00 e. The van der Waals surface area contributed by atoms with Crippen LogP contribution in [0.1, 0.15) is 51.0 Å². The number of benzene rings is 2. The van der Waals surface area contributed by atoms with Crippen molar-refractivity contribution in [1.29, 1.82) is 0 Å². The monoisotopic (exact) mass is 416 g/mol. The molecule has 7 heteroatoms. The van der Waals surface area contributed by atoms with Crippen LogP contribution in [0.15, 0.2) is 47.4 Å². The first-order valence-electron chi connectivity index (χ1n) is 8.95. The van der Waals surface area contributed by atoms with E-state index in [0.717, 1.165) is 24.8 Å². The van der Waals surface area contributed by atoms with E-state index in [9.17, 15) is 13.5 Å². The van der Waals surface area contributed by atoms with Crippen molar-refractivity contribution in [3.8, 4) is 17.2 Å². The molecule has 2 rings (SSSR count). The molecule has 0 amide bonds. The summed E-state index contributed by atoms with van der Waals surface area (Å²) in [4.78, 5) is -0.191. The molecule has 0 aliphatic carbocycles. The van der Waals surface area contributed by atoms with Gasteiger partial charge in [-0.05, 0) is 49.2 Å². The summed E-state index contributed by atoms with van der Waals surface area (Å²) >= 11 is 0. The number of unbranched alkanes of at least 4 members (excludes halogenated alkanes) is 5. The first-order chi connectivity index (χ1) is 12.4. The Kier molecular flexibility index (Phi) is 11.1. The van der Waals surface area contributed by atoms with Gasteiger partial charge in [-0.15, -0.1) is 5.75 Å². The molecule has 1 N–H and O–H groups in total. The van der Waals surface area contributed by atoms with Crippen molar-refractivity contribution in [3.63, 3.8) is 0 Å². The van der Waals surface area contributed by atoms with Gasteiger partial charge in [-0.25, -0.2) is 0 Å². The van der Waals surface area contributed by atoms with Crippen LogP contribution in [0.4, 0.5) is 0 Å². The van der Waals surface area contributed by atoms with Crippen LogP contribution in [0.25, 0.3) is 0 Å². The second-order valence-corrected chi connectivity index (χ2v) is 7.76. The van der Waals surface area contributed by atoms with Gasteiger partial charge in [-0.2, -0.15) is 8.42 Å². The second-order valence-electron chi connectivity index (χ2n) is 6.34. The summed E-state index contributed by atoms with van der Waals surface area (Å²) in [6.45, 7) is 2.19. The van der Waals surface area contributed by atoms with Gasteiger partial charge in [0.05, 0.1) is 4.90 Å². The summed E-state index contributed by atoms with van der Waals surface area (Å²) in [6, 6.07) is 10.3. The van der Waals surface area contributed by atoms with Gasteiger partial charge in [-0.3, -0.25) is 4.55 Å². The maximum absolute atomic E-state index is 12.0.